The molecule has 7 nitrogen and oxygen atoms in total. The van der Waals surface area contributed by atoms with Gasteiger partial charge in [-0.05, 0) is 77.4 Å². The highest BCUT2D eigenvalue weighted by atomic mass is 19.1. The Labute approximate surface area is 191 Å². The highest BCUT2D eigenvalue weighted by Gasteiger charge is 2.32. The monoisotopic (exact) mass is 446 g/mol. The molecule has 2 atom stereocenters. The van der Waals surface area contributed by atoms with Crippen molar-refractivity contribution in [1.29, 1.82) is 0 Å². The molecule has 0 spiro atoms. The fraction of sp³-hybridized carbons (Fsp3) is 0.360. The predicted molar refractivity (Wildman–Crippen MR) is 124 cm³/mol. The van der Waals surface area contributed by atoms with Crippen LogP contribution in [0.2, 0.25) is 0 Å². The Hall–Kier alpha value is -3.39. The summed E-state index contributed by atoms with van der Waals surface area (Å²) in [6.45, 7) is 6.35. The van der Waals surface area contributed by atoms with E-state index in [9.17, 15) is 9.18 Å². The van der Waals surface area contributed by atoms with Crippen LogP contribution in [0.5, 0.6) is 0 Å². The Morgan fingerprint density at radius 3 is 2.82 bits per heavy atom. The summed E-state index contributed by atoms with van der Waals surface area (Å²) < 4.78 is 15.1. The molecule has 8 heteroatoms. The van der Waals surface area contributed by atoms with Crippen LogP contribution >= 0.6 is 0 Å². The SMILES string of the molecule is Cc1cccc2cc([C@H](c3nnnn3Cc3ccc(F)cc3)N3CCC[C@@H](C)C3)c(=O)[nH]c12. The standard InChI is InChI=1S/C25H27FN6O/c1-16-5-4-12-31(14-16)23(21-13-19-7-3-6-17(2)22(19)27-25(21)33)24-28-29-30-32(24)15-18-8-10-20(26)11-9-18/h3,6-11,13,16,23H,4-5,12,14-15H2,1-2H3,(H,27,33)/t16-,23-/m1/s1. The van der Waals surface area contributed by atoms with Crippen molar-refractivity contribution >= 4 is 10.9 Å². The van der Waals surface area contributed by atoms with E-state index in [1.54, 1.807) is 16.8 Å². The number of fused-ring (bicyclic) bond motifs is 1. The lowest BCUT2D eigenvalue weighted by Crippen LogP contribution is -2.41. The maximum Gasteiger partial charge on any atom is 0.253 e. The van der Waals surface area contributed by atoms with Gasteiger partial charge < -0.3 is 4.98 Å². The molecule has 2 aromatic heterocycles. The van der Waals surface area contributed by atoms with Crippen LogP contribution in [0.1, 0.15) is 48.3 Å². The van der Waals surface area contributed by atoms with Crippen molar-refractivity contribution in [3.63, 3.8) is 0 Å². The summed E-state index contributed by atoms with van der Waals surface area (Å²) in [5.41, 5.74) is 3.27. The zero-order chi connectivity index (χ0) is 22.9. The van der Waals surface area contributed by atoms with Crippen molar-refractivity contribution in [1.82, 2.24) is 30.1 Å². The Morgan fingerprint density at radius 2 is 2.03 bits per heavy atom. The average Bonchev–Trinajstić information content (AvgIpc) is 3.24. The minimum Gasteiger partial charge on any atom is -0.321 e. The van der Waals surface area contributed by atoms with E-state index in [0.717, 1.165) is 48.0 Å². The van der Waals surface area contributed by atoms with E-state index in [1.165, 1.54) is 12.1 Å². The van der Waals surface area contributed by atoms with Gasteiger partial charge in [0.05, 0.1) is 12.1 Å². The van der Waals surface area contributed by atoms with Gasteiger partial charge in [-0.3, -0.25) is 9.69 Å². The van der Waals surface area contributed by atoms with Crippen LogP contribution in [0.4, 0.5) is 4.39 Å². The van der Waals surface area contributed by atoms with Crippen molar-refractivity contribution in [3.05, 3.63) is 87.2 Å². The molecule has 0 amide bonds. The van der Waals surface area contributed by atoms with Gasteiger partial charge in [0.1, 0.15) is 11.9 Å². The van der Waals surface area contributed by atoms with Gasteiger partial charge in [0.25, 0.3) is 5.56 Å². The fourth-order valence-corrected chi connectivity index (χ4v) is 4.85. The number of hydrogen-bond acceptors (Lipinski definition) is 5. The number of piperidine rings is 1. The molecule has 0 saturated carbocycles. The van der Waals surface area contributed by atoms with E-state index in [2.05, 4.69) is 32.3 Å². The molecular formula is C25H27FN6O. The number of halogens is 1. The fourth-order valence-electron chi connectivity index (χ4n) is 4.85. The number of nitrogens with one attached hydrogen (secondary N) is 1. The third kappa shape index (κ3) is 4.30. The number of aromatic nitrogens is 5. The number of H-pyrrole nitrogens is 1. The molecule has 3 heterocycles. The molecule has 1 N–H and O–H groups in total. The van der Waals surface area contributed by atoms with E-state index in [1.807, 2.05) is 31.2 Å². The third-order valence-electron chi connectivity index (χ3n) is 6.51. The molecule has 0 radical (unpaired) electrons. The van der Waals surface area contributed by atoms with Gasteiger partial charge in [-0.1, -0.05) is 37.3 Å². The van der Waals surface area contributed by atoms with Gasteiger partial charge in [0.2, 0.25) is 0 Å². The summed E-state index contributed by atoms with van der Waals surface area (Å²) >= 11 is 0. The van der Waals surface area contributed by atoms with E-state index in [-0.39, 0.29) is 17.4 Å². The van der Waals surface area contributed by atoms with Crippen LogP contribution in [0, 0.1) is 18.7 Å². The first-order chi connectivity index (χ1) is 16.0. The van der Waals surface area contributed by atoms with E-state index in [4.69, 9.17) is 0 Å². The van der Waals surface area contributed by atoms with Gasteiger partial charge in [-0.2, -0.15) is 0 Å². The van der Waals surface area contributed by atoms with Crippen molar-refractivity contribution in [2.45, 2.75) is 39.3 Å². The molecule has 170 valence electrons. The topological polar surface area (TPSA) is 79.7 Å². The van der Waals surface area contributed by atoms with Crippen molar-refractivity contribution in [3.8, 4) is 0 Å². The van der Waals surface area contributed by atoms with Crippen molar-refractivity contribution < 1.29 is 4.39 Å². The lowest BCUT2D eigenvalue weighted by molar-refractivity contribution is 0.141. The minimum atomic E-state index is -0.378. The van der Waals surface area contributed by atoms with E-state index in [0.29, 0.717) is 23.9 Å². The first kappa shape index (κ1) is 21.5. The summed E-state index contributed by atoms with van der Waals surface area (Å²) in [5, 5.41) is 13.5. The lowest BCUT2D eigenvalue weighted by atomic mass is 9.95. The zero-order valence-corrected chi connectivity index (χ0v) is 18.8. The number of nitrogens with zero attached hydrogens (tertiary/aromatic N) is 5. The second kappa shape index (κ2) is 8.86. The van der Waals surface area contributed by atoms with Crippen molar-refractivity contribution in [2.75, 3.05) is 13.1 Å². The first-order valence-electron chi connectivity index (χ1n) is 11.4. The summed E-state index contributed by atoms with van der Waals surface area (Å²) in [4.78, 5) is 18.8. The summed E-state index contributed by atoms with van der Waals surface area (Å²) in [6.07, 6.45) is 2.22. The van der Waals surface area contributed by atoms with Gasteiger partial charge in [0.15, 0.2) is 5.82 Å². The molecule has 0 bridgehead atoms. The molecule has 1 fully saturated rings. The number of pyridine rings is 1. The van der Waals surface area contributed by atoms with Gasteiger partial charge >= 0.3 is 0 Å². The highest BCUT2D eigenvalue weighted by molar-refractivity contribution is 5.82. The van der Waals surface area contributed by atoms with Crippen LogP contribution in [0.15, 0.2) is 53.3 Å². The molecular weight excluding hydrogens is 419 g/mol. The number of hydrogen-bond donors (Lipinski definition) is 1. The van der Waals surface area contributed by atoms with Crippen LogP contribution in [-0.2, 0) is 6.54 Å². The molecule has 1 aliphatic heterocycles. The molecule has 0 unspecified atom stereocenters. The second-order valence-electron chi connectivity index (χ2n) is 9.06. The number of aryl methyl sites for hydroxylation is 1. The van der Waals surface area contributed by atoms with Gasteiger partial charge in [-0.15, -0.1) is 5.10 Å². The average molecular weight is 447 g/mol. The van der Waals surface area contributed by atoms with Gasteiger partial charge in [0, 0.05) is 12.1 Å². The maximum atomic E-state index is 13.4. The van der Waals surface area contributed by atoms with Crippen LogP contribution in [0.25, 0.3) is 10.9 Å². The van der Waals surface area contributed by atoms with E-state index >= 15 is 0 Å². The summed E-state index contributed by atoms with van der Waals surface area (Å²) in [7, 11) is 0. The molecule has 0 aliphatic carbocycles. The largest absolute Gasteiger partial charge is 0.321 e. The smallest absolute Gasteiger partial charge is 0.253 e. The van der Waals surface area contributed by atoms with Crippen LogP contribution < -0.4 is 5.56 Å². The molecule has 2 aromatic carbocycles. The minimum absolute atomic E-state index is 0.128. The molecule has 1 saturated heterocycles. The second-order valence-corrected chi connectivity index (χ2v) is 9.06. The number of aromatic amines is 1. The molecule has 5 rings (SSSR count). The Bertz CT molecular complexity index is 1330. The first-order valence-corrected chi connectivity index (χ1v) is 11.4. The highest BCUT2D eigenvalue weighted by Crippen LogP contribution is 2.31. The zero-order valence-electron chi connectivity index (χ0n) is 18.8. The Balaban J connectivity index is 1.62. The number of para-hydroxylation sites is 1. The number of likely N-dealkylation sites (tertiary alicyclic amines) is 1. The lowest BCUT2D eigenvalue weighted by Gasteiger charge is -2.36. The molecule has 33 heavy (non-hydrogen) atoms. The number of tetrazole rings is 1. The predicted octanol–water partition coefficient (Wildman–Crippen LogP) is 3.83. The molecule has 4 aromatic rings. The Morgan fingerprint density at radius 1 is 1.21 bits per heavy atom. The van der Waals surface area contributed by atoms with Gasteiger partial charge in [-0.25, -0.2) is 9.07 Å². The normalized spacial score (nSPS) is 18.0. The van der Waals surface area contributed by atoms with Crippen LogP contribution in [-0.4, -0.2) is 43.2 Å². The number of rotatable bonds is 5. The Kier molecular flexibility index (Phi) is 5.76. The van der Waals surface area contributed by atoms with E-state index < -0.39 is 0 Å². The van der Waals surface area contributed by atoms with Crippen LogP contribution in [0.3, 0.4) is 0 Å². The summed E-state index contributed by atoms with van der Waals surface area (Å²) in [5.74, 6) is 0.851. The third-order valence-corrected chi connectivity index (χ3v) is 6.51. The summed E-state index contributed by atoms with van der Waals surface area (Å²) in [6, 6.07) is 13.9. The number of benzene rings is 2. The molecule has 1 aliphatic rings. The maximum absolute atomic E-state index is 13.4. The van der Waals surface area contributed by atoms with Crippen molar-refractivity contribution in [2.24, 2.45) is 5.92 Å². The quantitative estimate of drug-likeness (QED) is 0.504.